The Morgan fingerprint density at radius 1 is 1.44 bits per heavy atom. The Morgan fingerprint density at radius 2 is 2.17 bits per heavy atom. The van der Waals surface area contributed by atoms with Crippen LogP contribution in [0.4, 0.5) is 0 Å². The summed E-state index contributed by atoms with van der Waals surface area (Å²) in [4.78, 5) is 24.4. The van der Waals surface area contributed by atoms with E-state index in [2.05, 4.69) is 15.9 Å². The molecule has 0 bridgehead atoms. The Kier molecular flexibility index (Phi) is 4.01. The molecule has 0 aromatic heterocycles. The summed E-state index contributed by atoms with van der Waals surface area (Å²) in [6.07, 6.45) is 0.766. The van der Waals surface area contributed by atoms with E-state index in [-0.39, 0.29) is 5.91 Å². The van der Waals surface area contributed by atoms with Crippen molar-refractivity contribution in [3.8, 4) is 0 Å². The van der Waals surface area contributed by atoms with Gasteiger partial charge in [0.1, 0.15) is 0 Å². The molecule has 1 aromatic rings. The van der Waals surface area contributed by atoms with Crippen LogP contribution in [0, 0.1) is 5.92 Å². The molecule has 1 aliphatic heterocycles. The van der Waals surface area contributed by atoms with E-state index in [9.17, 15) is 9.59 Å². The number of amides is 1. The first-order chi connectivity index (χ1) is 8.58. The maximum Gasteiger partial charge on any atom is 0.308 e. The number of rotatable bonds is 3. The molecule has 2 rings (SSSR count). The number of hydrogen-bond donors (Lipinski definition) is 1. The average Bonchev–Trinajstić information content (AvgIpc) is 2.34. The molecule has 0 saturated carbocycles. The molecule has 0 aliphatic carbocycles. The van der Waals surface area contributed by atoms with Crippen molar-refractivity contribution in [2.75, 3.05) is 6.54 Å². The minimum atomic E-state index is -0.820. The molecule has 1 heterocycles. The third-order valence-electron chi connectivity index (χ3n) is 3.17. The largest absolute Gasteiger partial charge is 0.481 e. The van der Waals surface area contributed by atoms with Crippen LogP contribution in [0.1, 0.15) is 18.4 Å². The summed E-state index contributed by atoms with van der Waals surface area (Å²) in [5.41, 5.74) is 0.997. The average molecular weight is 312 g/mol. The summed E-state index contributed by atoms with van der Waals surface area (Å²) in [5, 5.41) is 9.02. The van der Waals surface area contributed by atoms with Crippen molar-refractivity contribution in [3.63, 3.8) is 0 Å². The quantitative estimate of drug-likeness (QED) is 0.931. The molecule has 0 radical (unpaired) electrons. The van der Waals surface area contributed by atoms with Crippen molar-refractivity contribution in [2.45, 2.75) is 19.4 Å². The lowest BCUT2D eigenvalue weighted by atomic mass is 9.97. The van der Waals surface area contributed by atoms with E-state index >= 15 is 0 Å². The van der Waals surface area contributed by atoms with Gasteiger partial charge in [-0.15, -0.1) is 0 Å². The lowest BCUT2D eigenvalue weighted by Crippen LogP contribution is -2.42. The highest BCUT2D eigenvalue weighted by molar-refractivity contribution is 9.10. The van der Waals surface area contributed by atoms with Gasteiger partial charge < -0.3 is 10.0 Å². The van der Waals surface area contributed by atoms with Gasteiger partial charge in [0.25, 0.3) is 0 Å². The number of piperidine rings is 1. The first-order valence-electron chi connectivity index (χ1n) is 5.82. The molecule has 0 spiro atoms. The Hall–Kier alpha value is -1.36. The van der Waals surface area contributed by atoms with Gasteiger partial charge in [0.2, 0.25) is 5.91 Å². The lowest BCUT2D eigenvalue weighted by Gasteiger charge is -2.30. The first-order valence-corrected chi connectivity index (χ1v) is 6.61. The molecule has 4 nitrogen and oxygen atoms in total. The highest BCUT2D eigenvalue weighted by atomic mass is 79.9. The predicted octanol–water partition coefficient (Wildman–Crippen LogP) is 2.27. The number of carboxylic acids is 1. The number of benzene rings is 1. The van der Waals surface area contributed by atoms with E-state index in [1.807, 2.05) is 24.3 Å². The molecule has 1 fully saturated rings. The Morgan fingerprint density at radius 3 is 2.83 bits per heavy atom. The summed E-state index contributed by atoms with van der Waals surface area (Å²) in [6, 6.07) is 7.66. The highest BCUT2D eigenvalue weighted by Crippen LogP contribution is 2.23. The molecule has 1 N–H and O–H groups in total. The van der Waals surface area contributed by atoms with Gasteiger partial charge in [0.15, 0.2) is 0 Å². The van der Waals surface area contributed by atoms with Crippen LogP contribution < -0.4 is 0 Å². The molecular weight excluding hydrogens is 298 g/mol. The summed E-state index contributed by atoms with van der Waals surface area (Å²) in [5.74, 6) is -1.23. The van der Waals surface area contributed by atoms with Crippen LogP contribution in [-0.2, 0) is 16.1 Å². The summed E-state index contributed by atoms with van der Waals surface area (Å²) < 4.78 is 0.940. The molecule has 1 unspecified atom stereocenters. The number of hydrogen-bond acceptors (Lipinski definition) is 2. The second-order valence-electron chi connectivity index (χ2n) is 4.44. The normalized spacial score (nSPS) is 19.9. The maximum absolute atomic E-state index is 11.8. The van der Waals surface area contributed by atoms with Crippen LogP contribution in [-0.4, -0.2) is 28.4 Å². The molecule has 18 heavy (non-hydrogen) atoms. The number of aliphatic carboxylic acids is 1. The highest BCUT2D eigenvalue weighted by Gasteiger charge is 2.30. The molecule has 1 aliphatic rings. The van der Waals surface area contributed by atoms with Crippen LogP contribution in [0.3, 0.4) is 0 Å². The zero-order chi connectivity index (χ0) is 13.1. The smallest absolute Gasteiger partial charge is 0.308 e. The number of carboxylic acid groups (broad SMARTS) is 1. The summed E-state index contributed by atoms with van der Waals surface area (Å²) >= 11 is 3.43. The van der Waals surface area contributed by atoms with Gasteiger partial charge in [-0.3, -0.25) is 9.59 Å². The minimum Gasteiger partial charge on any atom is -0.481 e. The van der Waals surface area contributed by atoms with Crippen molar-refractivity contribution < 1.29 is 14.7 Å². The third-order valence-corrected chi connectivity index (χ3v) is 3.94. The lowest BCUT2D eigenvalue weighted by molar-refractivity contribution is -0.147. The standard InChI is InChI=1S/C13H14BrNO3/c14-11-4-2-1-3-9(11)7-15-8-10(13(17)18)5-6-12(15)16/h1-4,10H,5-8H2,(H,17,18). The number of nitrogens with zero attached hydrogens (tertiary/aromatic N) is 1. The Bertz CT molecular complexity index is 475. The minimum absolute atomic E-state index is 0.0308. The van der Waals surface area contributed by atoms with Gasteiger partial charge in [-0.25, -0.2) is 0 Å². The summed E-state index contributed by atoms with van der Waals surface area (Å²) in [6.45, 7) is 0.763. The molecule has 1 atom stereocenters. The molecule has 1 amide bonds. The van der Waals surface area contributed by atoms with Crippen LogP contribution in [0.15, 0.2) is 28.7 Å². The number of carbonyl (C=O) groups is 2. The predicted molar refractivity (Wildman–Crippen MR) is 69.9 cm³/mol. The van der Waals surface area contributed by atoms with E-state index in [4.69, 9.17) is 5.11 Å². The van der Waals surface area contributed by atoms with E-state index in [0.29, 0.717) is 25.9 Å². The van der Waals surface area contributed by atoms with Gasteiger partial charge in [-0.2, -0.15) is 0 Å². The van der Waals surface area contributed by atoms with E-state index in [1.54, 1.807) is 4.90 Å². The molecular formula is C13H14BrNO3. The summed E-state index contributed by atoms with van der Waals surface area (Å²) in [7, 11) is 0. The third kappa shape index (κ3) is 2.90. The van der Waals surface area contributed by atoms with Crippen LogP contribution >= 0.6 is 15.9 Å². The van der Waals surface area contributed by atoms with E-state index in [0.717, 1.165) is 10.0 Å². The van der Waals surface area contributed by atoms with Crippen molar-refractivity contribution in [3.05, 3.63) is 34.3 Å². The van der Waals surface area contributed by atoms with Gasteiger partial charge in [-0.05, 0) is 18.1 Å². The van der Waals surface area contributed by atoms with Gasteiger partial charge >= 0.3 is 5.97 Å². The number of carbonyl (C=O) groups excluding carboxylic acids is 1. The number of likely N-dealkylation sites (tertiary alicyclic amines) is 1. The first kappa shape index (κ1) is 13.1. The second kappa shape index (κ2) is 5.52. The van der Waals surface area contributed by atoms with E-state index in [1.165, 1.54) is 0 Å². The van der Waals surface area contributed by atoms with Crippen LogP contribution in [0.25, 0.3) is 0 Å². The van der Waals surface area contributed by atoms with Gasteiger partial charge in [0, 0.05) is 24.0 Å². The van der Waals surface area contributed by atoms with Crippen molar-refractivity contribution >= 4 is 27.8 Å². The zero-order valence-electron chi connectivity index (χ0n) is 9.80. The molecule has 5 heteroatoms. The monoisotopic (exact) mass is 311 g/mol. The fourth-order valence-electron chi connectivity index (χ4n) is 2.10. The second-order valence-corrected chi connectivity index (χ2v) is 5.29. The molecule has 1 saturated heterocycles. The van der Waals surface area contributed by atoms with Crippen molar-refractivity contribution in [2.24, 2.45) is 5.92 Å². The fraction of sp³-hybridized carbons (Fsp3) is 0.385. The van der Waals surface area contributed by atoms with Crippen molar-refractivity contribution in [1.29, 1.82) is 0 Å². The van der Waals surface area contributed by atoms with Crippen molar-refractivity contribution in [1.82, 2.24) is 4.90 Å². The zero-order valence-corrected chi connectivity index (χ0v) is 11.4. The van der Waals surface area contributed by atoms with E-state index < -0.39 is 11.9 Å². The maximum atomic E-state index is 11.8. The van der Waals surface area contributed by atoms with Crippen LogP contribution in [0.2, 0.25) is 0 Å². The fourth-order valence-corrected chi connectivity index (χ4v) is 2.51. The number of halogens is 1. The van der Waals surface area contributed by atoms with Crippen LogP contribution in [0.5, 0.6) is 0 Å². The molecule has 1 aromatic carbocycles. The topological polar surface area (TPSA) is 57.6 Å². The Balaban J connectivity index is 2.10. The Labute approximate surface area is 114 Å². The van der Waals surface area contributed by atoms with Gasteiger partial charge in [-0.1, -0.05) is 34.1 Å². The SMILES string of the molecule is O=C(O)C1CCC(=O)N(Cc2ccccc2Br)C1. The van der Waals surface area contributed by atoms with Gasteiger partial charge in [0.05, 0.1) is 5.92 Å². The molecule has 96 valence electrons.